The lowest BCUT2D eigenvalue weighted by Crippen LogP contribution is -2.05. The first-order chi connectivity index (χ1) is 8.29. The van der Waals surface area contributed by atoms with Crippen molar-refractivity contribution in [1.29, 1.82) is 0 Å². The molecule has 0 aliphatic rings. The van der Waals surface area contributed by atoms with Crippen LogP contribution < -0.4 is 5.32 Å². The topological polar surface area (TPSA) is 37.8 Å². The molecule has 0 bridgehead atoms. The van der Waals surface area contributed by atoms with Crippen molar-refractivity contribution in [2.75, 3.05) is 5.32 Å². The van der Waals surface area contributed by atoms with Crippen molar-refractivity contribution in [2.45, 2.75) is 19.9 Å². The average molecular weight is 292 g/mol. The van der Waals surface area contributed by atoms with Crippen LogP contribution in [0.2, 0.25) is 0 Å². The van der Waals surface area contributed by atoms with E-state index in [0.717, 1.165) is 17.4 Å². The van der Waals surface area contributed by atoms with Crippen LogP contribution in [0.5, 0.6) is 0 Å². The van der Waals surface area contributed by atoms with Gasteiger partial charge in [0.2, 0.25) is 5.95 Å². The van der Waals surface area contributed by atoms with Crippen molar-refractivity contribution in [3.63, 3.8) is 0 Å². The molecule has 3 nitrogen and oxygen atoms in total. The zero-order chi connectivity index (χ0) is 12.1. The summed E-state index contributed by atoms with van der Waals surface area (Å²) in [6.45, 7) is 2.92. The van der Waals surface area contributed by atoms with Gasteiger partial charge >= 0.3 is 0 Å². The van der Waals surface area contributed by atoms with E-state index in [0.29, 0.717) is 5.95 Å². The predicted molar refractivity (Wildman–Crippen MR) is 72.9 cm³/mol. The molecule has 4 heteroatoms. The van der Waals surface area contributed by atoms with Gasteiger partial charge in [-0.1, -0.05) is 31.2 Å². The zero-order valence-electron chi connectivity index (χ0n) is 9.65. The van der Waals surface area contributed by atoms with Gasteiger partial charge in [-0.15, -0.1) is 0 Å². The van der Waals surface area contributed by atoms with Crippen LogP contribution in [-0.2, 0) is 13.0 Å². The minimum atomic E-state index is 0.652. The highest BCUT2D eigenvalue weighted by molar-refractivity contribution is 9.10. The number of aromatic nitrogens is 2. The van der Waals surface area contributed by atoms with Crippen molar-refractivity contribution < 1.29 is 0 Å². The molecule has 2 aromatic rings. The molecule has 0 spiro atoms. The summed E-state index contributed by atoms with van der Waals surface area (Å²) < 4.78 is 0.886. The Balaban J connectivity index is 2.04. The second-order valence-electron chi connectivity index (χ2n) is 3.70. The molecule has 0 aliphatic heterocycles. The molecule has 0 saturated heterocycles. The number of aryl methyl sites for hydroxylation is 1. The number of nitrogens with one attached hydrogen (secondary N) is 1. The van der Waals surface area contributed by atoms with Crippen LogP contribution in [0, 0.1) is 0 Å². The summed E-state index contributed by atoms with van der Waals surface area (Å²) in [5.41, 5.74) is 2.65. The summed E-state index contributed by atoms with van der Waals surface area (Å²) in [6, 6.07) is 8.40. The fourth-order valence-electron chi connectivity index (χ4n) is 1.65. The van der Waals surface area contributed by atoms with Crippen molar-refractivity contribution in [1.82, 2.24) is 9.97 Å². The summed E-state index contributed by atoms with van der Waals surface area (Å²) in [5, 5.41) is 3.22. The number of nitrogens with zero attached hydrogens (tertiary/aromatic N) is 2. The molecule has 0 fully saturated rings. The second kappa shape index (κ2) is 5.77. The van der Waals surface area contributed by atoms with Gasteiger partial charge in [0.1, 0.15) is 0 Å². The maximum absolute atomic E-state index is 4.18. The SMILES string of the molecule is CCc1ccccc1CNc1ncc(Br)cn1. The van der Waals surface area contributed by atoms with Crippen molar-refractivity contribution in [3.05, 3.63) is 52.3 Å². The lowest BCUT2D eigenvalue weighted by Gasteiger charge is -2.08. The van der Waals surface area contributed by atoms with Crippen molar-refractivity contribution in [3.8, 4) is 0 Å². The van der Waals surface area contributed by atoms with E-state index in [1.807, 2.05) is 0 Å². The molecule has 0 radical (unpaired) electrons. The summed E-state index contributed by atoms with van der Waals surface area (Å²) in [4.78, 5) is 8.36. The molecular weight excluding hydrogens is 278 g/mol. The first-order valence-electron chi connectivity index (χ1n) is 5.58. The summed E-state index contributed by atoms with van der Waals surface area (Å²) >= 11 is 3.31. The van der Waals surface area contributed by atoms with E-state index >= 15 is 0 Å². The van der Waals surface area contributed by atoms with Gasteiger partial charge in [-0.05, 0) is 33.5 Å². The zero-order valence-corrected chi connectivity index (χ0v) is 11.2. The van der Waals surface area contributed by atoms with Gasteiger partial charge in [0.05, 0.1) is 4.47 Å². The molecule has 88 valence electrons. The van der Waals surface area contributed by atoms with Crippen LogP contribution in [0.4, 0.5) is 5.95 Å². The molecular formula is C13H14BrN3. The number of rotatable bonds is 4. The average Bonchev–Trinajstić information content (AvgIpc) is 2.38. The molecule has 1 heterocycles. The molecule has 0 unspecified atom stereocenters. The van der Waals surface area contributed by atoms with Gasteiger partial charge in [-0.2, -0.15) is 0 Å². The fraction of sp³-hybridized carbons (Fsp3) is 0.231. The Morgan fingerprint density at radius 2 is 1.76 bits per heavy atom. The number of hydrogen-bond donors (Lipinski definition) is 1. The molecule has 1 aromatic heterocycles. The van der Waals surface area contributed by atoms with Gasteiger partial charge in [-0.25, -0.2) is 9.97 Å². The van der Waals surface area contributed by atoms with Crippen LogP contribution in [0.3, 0.4) is 0 Å². The molecule has 1 aromatic carbocycles. The van der Waals surface area contributed by atoms with E-state index in [9.17, 15) is 0 Å². The lowest BCUT2D eigenvalue weighted by atomic mass is 10.1. The van der Waals surface area contributed by atoms with Crippen LogP contribution >= 0.6 is 15.9 Å². The highest BCUT2D eigenvalue weighted by atomic mass is 79.9. The summed E-state index contributed by atoms with van der Waals surface area (Å²) in [5.74, 6) is 0.652. The number of halogens is 1. The Morgan fingerprint density at radius 1 is 1.12 bits per heavy atom. The quantitative estimate of drug-likeness (QED) is 0.938. The standard InChI is InChI=1S/C13H14BrN3/c1-2-10-5-3-4-6-11(10)7-15-13-16-8-12(14)9-17-13/h3-6,8-9H,2,7H2,1H3,(H,15,16,17). The number of anilines is 1. The van der Waals surface area contributed by atoms with E-state index in [2.05, 4.69) is 62.4 Å². The first-order valence-corrected chi connectivity index (χ1v) is 6.37. The van der Waals surface area contributed by atoms with Crippen LogP contribution in [0.1, 0.15) is 18.1 Å². The highest BCUT2D eigenvalue weighted by Crippen LogP contribution is 2.12. The molecule has 0 atom stereocenters. The molecule has 0 aliphatic carbocycles. The first kappa shape index (κ1) is 12.0. The Bertz CT molecular complexity index is 482. The highest BCUT2D eigenvalue weighted by Gasteiger charge is 2.00. The third kappa shape index (κ3) is 3.27. The Morgan fingerprint density at radius 3 is 2.41 bits per heavy atom. The summed E-state index contributed by atoms with van der Waals surface area (Å²) in [6.07, 6.45) is 4.52. The molecule has 17 heavy (non-hydrogen) atoms. The van der Waals surface area contributed by atoms with Crippen LogP contribution in [-0.4, -0.2) is 9.97 Å². The summed E-state index contributed by atoms with van der Waals surface area (Å²) in [7, 11) is 0. The fourth-order valence-corrected chi connectivity index (χ4v) is 1.86. The van der Waals surface area contributed by atoms with Gasteiger partial charge in [0.15, 0.2) is 0 Å². The van der Waals surface area contributed by atoms with Crippen molar-refractivity contribution in [2.24, 2.45) is 0 Å². The largest absolute Gasteiger partial charge is 0.350 e. The maximum Gasteiger partial charge on any atom is 0.222 e. The van der Waals surface area contributed by atoms with Crippen LogP contribution in [0.25, 0.3) is 0 Å². The second-order valence-corrected chi connectivity index (χ2v) is 4.62. The van der Waals surface area contributed by atoms with E-state index < -0.39 is 0 Å². The smallest absolute Gasteiger partial charge is 0.222 e. The van der Waals surface area contributed by atoms with Gasteiger partial charge in [0, 0.05) is 18.9 Å². The minimum absolute atomic E-state index is 0.652. The normalized spacial score (nSPS) is 10.2. The van der Waals surface area contributed by atoms with Gasteiger partial charge < -0.3 is 5.32 Å². The molecule has 2 rings (SSSR count). The minimum Gasteiger partial charge on any atom is -0.350 e. The van der Waals surface area contributed by atoms with Gasteiger partial charge in [0.25, 0.3) is 0 Å². The Kier molecular flexibility index (Phi) is 4.09. The lowest BCUT2D eigenvalue weighted by molar-refractivity contribution is 1.01. The van der Waals surface area contributed by atoms with E-state index in [-0.39, 0.29) is 0 Å². The molecule has 1 N–H and O–H groups in total. The predicted octanol–water partition coefficient (Wildman–Crippen LogP) is 3.41. The third-order valence-electron chi connectivity index (χ3n) is 2.56. The molecule has 0 saturated carbocycles. The van der Waals surface area contributed by atoms with Crippen LogP contribution in [0.15, 0.2) is 41.1 Å². The van der Waals surface area contributed by atoms with Gasteiger partial charge in [-0.3, -0.25) is 0 Å². The Labute approximate surface area is 109 Å². The maximum atomic E-state index is 4.18. The molecule has 0 amide bonds. The van der Waals surface area contributed by atoms with E-state index in [1.54, 1.807) is 12.4 Å². The third-order valence-corrected chi connectivity index (χ3v) is 2.97. The number of hydrogen-bond acceptors (Lipinski definition) is 3. The number of benzene rings is 1. The van der Waals surface area contributed by atoms with E-state index in [1.165, 1.54) is 11.1 Å². The monoisotopic (exact) mass is 291 g/mol. The van der Waals surface area contributed by atoms with Crippen molar-refractivity contribution >= 4 is 21.9 Å². The van der Waals surface area contributed by atoms with E-state index in [4.69, 9.17) is 0 Å². The Hall–Kier alpha value is -1.42.